The van der Waals surface area contributed by atoms with Crippen molar-refractivity contribution in [2.75, 3.05) is 31.6 Å². The van der Waals surface area contributed by atoms with Crippen LogP contribution < -0.4 is 10.6 Å². The van der Waals surface area contributed by atoms with E-state index in [9.17, 15) is 25.0 Å². The Morgan fingerprint density at radius 2 is 1.62 bits per heavy atom. The van der Waals surface area contributed by atoms with Crippen molar-refractivity contribution in [1.29, 1.82) is 0 Å². The fraction of sp³-hybridized carbons (Fsp3) is 0.579. The van der Waals surface area contributed by atoms with Crippen LogP contribution in [0.15, 0.2) is 0 Å². The largest absolute Gasteiger partial charge is 0.785 e. The molecule has 2 amide bonds. The Morgan fingerprint density at radius 1 is 1.03 bits per heavy atom. The molecule has 1 aromatic carbocycles. The lowest BCUT2D eigenvalue weighted by atomic mass is 9.90. The Labute approximate surface area is 169 Å². The van der Waals surface area contributed by atoms with Crippen LogP contribution in [0.1, 0.15) is 39.5 Å². The minimum Gasteiger partial charge on any atom is -0.785 e. The summed E-state index contributed by atoms with van der Waals surface area (Å²) in [6.07, 6.45) is -2.31. The molecule has 0 saturated carbocycles. The van der Waals surface area contributed by atoms with Crippen molar-refractivity contribution in [1.82, 2.24) is 10.4 Å². The fourth-order valence-corrected chi connectivity index (χ4v) is 3.11. The van der Waals surface area contributed by atoms with Gasteiger partial charge in [-0.25, -0.2) is 0 Å². The summed E-state index contributed by atoms with van der Waals surface area (Å²) in [5.74, 6) is -0.865. The molecule has 0 fully saturated rings. The minimum atomic E-state index is -1.20. The van der Waals surface area contributed by atoms with Gasteiger partial charge in [0, 0.05) is 37.8 Å². The van der Waals surface area contributed by atoms with Gasteiger partial charge in [-0.15, -0.1) is 0 Å². The van der Waals surface area contributed by atoms with Gasteiger partial charge in [0.15, 0.2) is 0 Å². The summed E-state index contributed by atoms with van der Waals surface area (Å²) < 4.78 is 0. The Balaban J connectivity index is 3.39. The zero-order valence-corrected chi connectivity index (χ0v) is 17.2. The second-order valence-corrected chi connectivity index (χ2v) is 6.99. The smallest absolute Gasteiger partial charge is 0.251 e. The monoisotopic (exact) mass is 412 g/mol. The number of benzene rings is 1. The molecule has 10 heteroatoms. The molecule has 2 atom stereocenters. The van der Waals surface area contributed by atoms with E-state index in [1.807, 2.05) is 0 Å². The van der Waals surface area contributed by atoms with E-state index < -0.39 is 31.3 Å². The topological polar surface area (TPSA) is 165 Å². The molecule has 2 unspecified atom stereocenters. The Morgan fingerprint density at radius 3 is 2.14 bits per heavy atom. The molecule has 0 aliphatic carbocycles. The van der Waals surface area contributed by atoms with Crippen LogP contribution >= 0.6 is 0 Å². The molecule has 0 saturated heterocycles. The summed E-state index contributed by atoms with van der Waals surface area (Å²) in [5, 5.41) is 54.8. The van der Waals surface area contributed by atoms with Crippen molar-refractivity contribution < 1.29 is 30.0 Å². The third-order valence-electron chi connectivity index (χ3n) is 4.60. The molecule has 0 aliphatic heterocycles. The first-order chi connectivity index (χ1) is 13.5. The van der Waals surface area contributed by atoms with E-state index in [0.29, 0.717) is 33.0 Å². The van der Waals surface area contributed by atoms with E-state index in [1.54, 1.807) is 20.8 Å². The van der Waals surface area contributed by atoms with Crippen molar-refractivity contribution in [2.45, 2.75) is 46.4 Å². The van der Waals surface area contributed by atoms with Crippen molar-refractivity contribution in [3.05, 3.63) is 33.0 Å². The van der Waals surface area contributed by atoms with Crippen molar-refractivity contribution in [2.24, 2.45) is 0 Å². The first kappa shape index (κ1) is 25.0. The fourth-order valence-electron chi connectivity index (χ4n) is 3.11. The highest BCUT2D eigenvalue weighted by molar-refractivity contribution is 6.01. The molecule has 0 aromatic heterocycles. The standard InChI is InChI=1S/C19H30N3O7/c1-10-16(7-22(29)6-15(27)9-24)11(2)18(21-13(4)25)12(3)17(10)19(28)20-5-14(26)8-23/h14-15,23-24,26-27H,5-9H2,1-4H3,(H,20,28)(H,21,25)/q-1. The molecule has 0 bridgehead atoms. The number of aliphatic hydroxyl groups is 4. The molecular weight excluding hydrogens is 382 g/mol. The number of nitrogens with one attached hydrogen (secondary N) is 2. The van der Waals surface area contributed by atoms with Gasteiger partial charge in [-0.05, 0) is 43.0 Å². The third-order valence-corrected chi connectivity index (χ3v) is 4.60. The first-order valence-corrected chi connectivity index (χ1v) is 9.21. The highest BCUT2D eigenvalue weighted by Crippen LogP contribution is 2.32. The highest BCUT2D eigenvalue weighted by atomic mass is 16.5. The van der Waals surface area contributed by atoms with Gasteiger partial charge in [0.1, 0.15) is 0 Å². The van der Waals surface area contributed by atoms with Gasteiger partial charge in [0.2, 0.25) is 5.91 Å². The molecule has 6 N–H and O–H groups in total. The zero-order chi connectivity index (χ0) is 22.3. The highest BCUT2D eigenvalue weighted by Gasteiger charge is 2.23. The predicted molar refractivity (Wildman–Crippen MR) is 107 cm³/mol. The molecule has 29 heavy (non-hydrogen) atoms. The predicted octanol–water partition coefficient (Wildman–Crippen LogP) is -0.694. The Hall–Kier alpha value is -2.08. The van der Waals surface area contributed by atoms with Gasteiger partial charge in [-0.3, -0.25) is 9.59 Å². The van der Waals surface area contributed by atoms with E-state index >= 15 is 0 Å². The maximum Gasteiger partial charge on any atom is 0.251 e. The number of hydroxylamine groups is 2. The van der Waals surface area contributed by atoms with Crippen molar-refractivity contribution in [3.8, 4) is 0 Å². The van der Waals surface area contributed by atoms with Gasteiger partial charge >= 0.3 is 0 Å². The van der Waals surface area contributed by atoms with Gasteiger partial charge in [-0.1, -0.05) is 0 Å². The van der Waals surface area contributed by atoms with Crippen LogP contribution in [0.25, 0.3) is 0 Å². The second kappa shape index (κ2) is 11.2. The minimum absolute atomic E-state index is 0.163. The molecule has 0 heterocycles. The van der Waals surface area contributed by atoms with E-state index in [4.69, 9.17) is 10.2 Å². The lowest BCUT2D eigenvalue weighted by molar-refractivity contribution is -0.114. The van der Waals surface area contributed by atoms with Crippen LogP contribution in [-0.2, 0) is 11.3 Å². The summed E-state index contributed by atoms with van der Waals surface area (Å²) in [6.45, 7) is 4.67. The Bertz CT molecular complexity index is 739. The van der Waals surface area contributed by atoms with Gasteiger partial charge in [0.05, 0.1) is 25.4 Å². The maximum absolute atomic E-state index is 12.7. The average molecular weight is 412 g/mol. The number of amides is 2. The molecule has 0 spiro atoms. The number of anilines is 1. The second-order valence-electron chi connectivity index (χ2n) is 6.99. The maximum atomic E-state index is 12.7. The third kappa shape index (κ3) is 6.74. The van der Waals surface area contributed by atoms with Crippen LogP contribution in [-0.4, -0.2) is 75.8 Å². The van der Waals surface area contributed by atoms with E-state index in [0.717, 1.165) is 0 Å². The number of hydrogen-bond donors (Lipinski definition) is 6. The Kier molecular flexibility index (Phi) is 9.63. The van der Waals surface area contributed by atoms with Crippen LogP contribution in [0, 0.1) is 26.0 Å². The van der Waals surface area contributed by atoms with Crippen molar-refractivity contribution >= 4 is 17.5 Å². The summed E-state index contributed by atoms with van der Waals surface area (Å²) in [5.41, 5.74) is 2.79. The first-order valence-electron chi connectivity index (χ1n) is 9.21. The van der Waals surface area contributed by atoms with E-state index in [2.05, 4.69) is 10.6 Å². The summed E-state index contributed by atoms with van der Waals surface area (Å²) in [6, 6.07) is 0. The van der Waals surface area contributed by atoms with Gasteiger partial charge in [-0.2, -0.15) is 0 Å². The van der Waals surface area contributed by atoms with Gasteiger partial charge < -0.3 is 41.3 Å². The quantitative estimate of drug-likeness (QED) is 0.275. The number of carbonyl (C=O) groups is 2. The number of rotatable bonds is 10. The lowest BCUT2D eigenvalue weighted by Gasteiger charge is -2.32. The van der Waals surface area contributed by atoms with Crippen LogP contribution in [0.3, 0.4) is 0 Å². The molecule has 0 aliphatic rings. The number of aliphatic hydroxyl groups excluding tert-OH is 4. The summed E-state index contributed by atoms with van der Waals surface area (Å²) >= 11 is 0. The SMILES string of the molecule is CC(=O)Nc1c(C)c(CN([O-])CC(O)CO)c(C)c(C(=O)NCC(O)CO)c1C. The molecular formula is C19H30N3O7-. The van der Waals surface area contributed by atoms with Crippen molar-refractivity contribution in [3.63, 3.8) is 0 Å². The van der Waals surface area contributed by atoms with E-state index in [1.165, 1.54) is 6.92 Å². The molecule has 164 valence electrons. The zero-order valence-electron chi connectivity index (χ0n) is 17.2. The number of hydrogen-bond acceptors (Lipinski definition) is 8. The van der Waals surface area contributed by atoms with Gasteiger partial charge in [0.25, 0.3) is 5.91 Å². The summed E-state index contributed by atoms with van der Waals surface area (Å²) in [4.78, 5) is 24.4. The van der Waals surface area contributed by atoms with Crippen LogP contribution in [0.2, 0.25) is 0 Å². The molecule has 10 nitrogen and oxygen atoms in total. The number of nitrogens with zero attached hydrogens (tertiary/aromatic N) is 1. The average Bonchev–Trinajstić information content (AvgIpc) is 2.66. The van der Waals surface area contributed by atoms with E-state index in [-0.39, 0.29) is 31.1 Å². The normalized spacial score (nSPS) is 13.3. The summed E-state index contributed by atoms with van der Waals surface area (Å²) in [7, 11) is 0. The number of carbonyl (C=O) groups excluding carboxylic acids is 2. The van der Waals surface area contributed by atoms with Crippen LogP contribution in [0.5, 0.6) is 0 Å². The molecule has 1 rings (SSSR count). The van der Waals surface area contributed by atoms with Crippen LogP contribution in [0.4, 0.5) is 5.69 Å². The molecule has 1 aromatic rings. The lowest BCUT2D eigenvalue weighted by Crippen LogP contribution is -2.35. The molecule has 0 radical (unpaired) electrons.